The minimum Gasteiger partial charge on any atom is -0.504 e. The Morgan fingerprint density at radius 2 is 2.10 bits per heavy atom. The van der Waals surface area contributed by atoms with Crippen molar-refractivity contribution in [1.82, 2.24) is 19.8 Å². The van der Waals surface area contributed by atoms with Crippen LogP contribution in [0.2, 0.25) is 0 Å². The number of fused-ring (bicyclic) bond motifs is 2. The third-order valence-corrected chi connectivity index (χ3v) is 6.79. The molecule has 0 bridgehead atoms. The number of piperidine rings is 1. The van der Waals surface area contributed by atoms with E-state index in [0.29, 0.717) is 11.7 Å². The SMILES string of the molecule is COc1ccc(CN2CCC3(CC2)c2nc[nH]c2CCN3C(=O)C2CC2)cc1O. The number of aromatic nitrogens is 2. The number of phenols is 1. The number of benzene rings is 1. The third kappa shape index (κ3) is 3.17. The number of amides is 1. The van der Waals surface area contributed by atoms with Crippen LogP contribution in [0, 0.1) is 5.92 Å². The van der Waals surface area contributed by atoms with E-state index >= 15 is 0 Å². The highest BCUT2D eigenvalue weighted by Gasteiger charge is 2.50. The lowest BCUT2D eigenvalue weighted by atomic mass is 9.78. The van der Waals surface area contributed by atoms with Gasteiger partial charge in [-0.2, -0.15) is 0 Å². The maximum Gasteiger partial charge on any atom is 0.226 e. The molecule has 154 valence electrons. The summed E-state index contributed by atoms with van der Waals surface area (Å²) in [6.07, 6.45) is 6.50. The number of nitrogens with one attached hydrogen (secondary N) is 1. The molecule has 0 unspecified atom stereocenters. The molecule has 1 aromatic heterocycles. The molecule has 1 aliphatic carbocycles. The van der Waals surface area contributed by atoms with E-state index in [2.05, 4.69) is 19.8 Å². The van der Waals surface area contributed by atoms with Crippen molar-refractivity contribution in [1.29, 1.82) is 0 Å². The first-order valence-corrected chi connectivity index (χ1v) is 10.5. The van der Waals surface area contributed by atoms with Crippen LogP contribution < -0.4 is 4.74 Å². The minimum absolute atomic E-state index is 0.174. The Hall–Kier alpha value is -2.54. The van der Waals surface area contributed by atoms with Gasteiger partial charge in [0.05, 0.1) is 24.7 Å². The maximum atomic E-state index is 13.1. The van der Waals surface area contributed by atoms with Gasteiger partial charge in [-0.25, -0.2) is 4.98 Å². The van der Waals surface area contributed by atoms with E-state index < -0.39 is 0 Å². The van der Waals surface area contributed by atoms with Gasteiger partial charge in [-0.15, -0.1) is 0 Å². The van der Waals surface area contributed by atoms with Crippen molar-refractivity contribution < 1.29 is 14.6 Å². The number of methoxy groups -OCH3 is 1. The molecule has 1 saturated carbocycles. The number of hydrogen-bond acceptors (Lipinski definition) is 5. The summed E-state index contributed by atoms with van der Waals surface area (Å²) in [7, 11) is 1.56. The van der Waals surface area contributed by atoms with Gasteiger partial charge >= 0.3 is 0 Å². The Balaban J connectivity index is 1.34. The van der Waals surface area contributed by atoms with Crippen LogP contribution in [0.3, 0.4) is 0 Å². The molecule has 29 heavy (non-hydrogen) atoms. The van der Waals surface area contributed by atoms with Crippen LogP contribution >= 0.6 is 0 Å². The second-order valence-electron chi connectivity index (χ2n) is 8.56. The van der Waals surface area contributed by atoms with Gasteiger partial charge < -0.3 is 19.7 Å². The molecule has 2 aliphatic heterocycles. The fraction of sp³-hybridized carbons (Fsp3) is 0.545. The number of imidazole rings is 1. The van der Waals surface area contributed by atoms with Crippen LogP contribution in [0.25, 0.3) is 0 Å². The number of ether oxygens (including phenoxy) is 1. The number of aromatic amines is 1. The molecule has 3 heterocycles. The van der Waals surface area contributed by atoms with Crippen molar-refractivity contribution in [3.8, 4) is 11.5 Å². The number of phenolic OH excluding ortho intramolecular Hbond substituents is 1. The molecule has 1 spiro atoms. The molecule has 5 rings (SSSR count). The Bertz CT molecular complexity index is 913. The first-order valence-electron chi connectivity index (χ1n) is 10.5. The van der Waals surface area contributed by atoms with Crippen molar-refractivity contribution in [2.24, 2.45) is 5.92 Å². The average Bonchev–Trinajstić information content (AvgIpc) is 3.47. The summed E-state index contributed by atoms with van der Waals surface area (Å²) in [5.74, 6) is 1.22. The average molecular weight is 396 g/mol. The lowest BCUT2D eigenvalue weighted by Crippen LogP contribution is -2.58. The second kappa shape index (κ2) is 7.06. The van der Waals surface area contributed by atoms with E-state index in [1.165, 1.54) is 5.69 Å². The summed E-state index contributed by atoms with van der Waals surface area (Å²) in [6.45, 7) is 3.36. The number of nitrogens with zero attached hydrogens (tertiary/aromatic N) is 3. The molecule has 2 fully saturated rings. The van der Waals surface area contributed by atoms with Crippen LogP contribution in [-0.4, -0.2) is 57.5 Å². The standard InChI is InChI=1S/C22H28N4O3/c1-29-19-5-2-15(12-18(19)27)13-25-10-7-22(8-11-25)20-17(23-14-24-20)6-9-26(22)21(28)16-3-4-16/h2,5,12,14,16,27H,3-4,6-11,13H2,1H3,(H,23,24). The summed E-state index contributed by atoms with van der Waals surface area (Å²) in [5, 5.41) is 10.1. The Morgan fingerprint density at radius 3 is 2.79 bits per heavy atom. The predicted octanol–water partition coefficient (Wildman–Crippen LogP) is 2.41. The Labute approximate surface area is 170 Å². The molecule has 7 heteroatoms. The van der Waals surface area contributed by atoms with Crippen LogP contribution in [-0.2, 0) is 23.3 Å². The van der Waals surface area contributed by atoms with Crippen molar-refractivity contribution in [3.05, 3.63) is 41.5 Å². The first kappa shape index (κ1) is 18.5. The van der Waals surface area contributed by atoms with E-state index in [-0.39, 0.29) is 17.2 Å². The number of carbonyl (C=O) groups excluding carboxylic acids is 1. The zero-order chi connectivity index (χ0) is 20.0. The largest absolute Gasteiger partial charge is 0.504 e. The number of carbonyl (C=O) groups is 1. The van der Waals surface area contributed by atoms with Crippen molar-refractivity contribution in [3.63, 3.8) is 0 Å². The molecule has 3 aliphatic rings. The van der Waals surface area contributed by atoms with Gasteiger partial charge in [-0.05, 0) is 43.4 Å². The number of hydrogen-bond donors (Lipinski definition) is 2. The van der Waals surface area contributed by atoms with Crippen molar-refractivity contribution >= 4 is 5.91 Å². The van der Waals surface area contributed by atoms with Gasteiger partial charge in [0.2, 0.25) is 5.91 Å². The molecular weight excluding hydrogens is 368 g/mol. The fourth-order valence-electron chi connectivity index (χ4n) is 5.03. The van der Waals surface area contributed by atoms with E-state index in [9.17, 15) is 9.90 Å². The summed E-state index contributed by atoms with van der Waals surface area (Å²) in [6, 6.07) is 5.58. The molecule has 1 saturated heterocycles. The highest BCUT2D eigenvalue weighted by molar-refractivity contribution is 5.82. The smallest absolute Gasteiger partial charge is 0.226 e. The number of H-pyrrole nitrogens is 1. The van der Waals surface area contributed by atoms with Gasteiger partial charge in [0.15, 0.2) is 11.5 Å². The molecule has 2 N–H and O–H groups in total. The predicted molar refractivity (Wildman–Crippen MR) is 108 cm³/mol. The van der Waals surface area contributed by atoms with Gasteiger partial charge in [0, 0.05) is 44.2 Å². The highest BCUT2D eigenvalue weighted by Crippen LogP contribution is 2.45. The van der Waals surface area contributed by atoms with Crippen molar-refractivity contribution in [2.75, 3.05) is 26.7 Å². The first-order chi connectivity index (χ1) is 14.1. The van der Waals surface area contributed by atoms with E-state index in [1.54, 1.807) is 19.5 Å². The van der Waals surface area contributed by atoms with Gasteiger partial charge in [-0.1, -0.05) is 6.07 Å². The third-order valence-electron chi connectivity index (χ3n) is 6.79. The van der Waals surface area contributed by atoms with Crippen LogP contribution in [0.4, 0.5) is 0 Å². The van der Waals surface area contributed by atoms with Crippen LogP contribution in [0.1, 0.15) is 42.6 Å². The number of aromatic hydroxyl groups is 1. The Morgan fingerprint density at radius 1 is 1.31 bits per heavy atom. The second-order valence-corrected chi connectivity index (χ2v) is 8.56. The minimum atomic E-state index is -0.272. The molecular formula is C22H28N4O3. The lowest BCUT2D eigenvalue weighted by Gasteiger charge is -2.50. The highest BCUT2D eigenvalue weighted by atomic mass is 16.5. The zero-order valence-corrected chi connectivity index (χ0v) is 16.9. The molecule has 2 aromatic rings. The van der Waals surface area contributed by atoms with E-state index in [1.807, 2.05) is 12.1 Å². The summed E-state index contributed by atoms with van der Waals surface area (Å²) < 4.78 is 5.14. The van der Waals surface area contributed by atoms with E-state index in [0.717, 1.165) is 69.5 Å². The zero-order valence-electron chi connectivity index (χ0n) is 16.9. The lowest BCUT2D eigenvalue weighted by molar-refractivity contribution is -0.143. The van der Waals surface area contributed by atoms with E-state index in [4.69, 9.17) is 4.74 Å². The summed E-state index contributed by atoms with van der Waals surface area (Å²) in [5.41, 5.74) is 3.07. The normalized spacial score (nSPS) is 21.2. The number of likely N-dealkylation sites (tertiary alicyclic amines) is 1. The fourth-order valence-corrected chi connectivity index (χ4v) is 5.03. The van der Waals surface area contributed by atoms with Crippen LogP contribution in [0.5, 0.6) is 11.5 Å². The molecule has 0 atom stereocenters. The molecule has 1 aromatic carbocycles. The molecule has 7 nitrogen and oxygen atoms in total. The molecule has 1 amide bonds. The monoisotopic (exact) mass is 396 g/mol. The Kier molecular flexibility index (Phi) is 4.50. The maximum absolute atomic E-state index is 13.1. The topological polar surface area (TPSA) is 81.7 Å². The summed E-state index contributed by atoms with van der Waals surface area (Å²) in [4.78, 5) is 25.6. The van der Waals surface area contributed by atoms with Gasteiger partial charge in [0.1, 0.15) is 0 Å². The quantitative estimate of drug-likeness (QED) is 0.829. The van der Waals surface area contributed by atoms with Crippen LogP contribution in [0.15, 0.2) is 24.5 Å². The number of rotatable bonds is 4. The summed E-state index contributed by atoms with van der Waals surface area (Å²) >= 11 is 0. The molecule has 0 radical (unpaired) electrons. The van der Waals surface area contributed by atoms with Gasteiger partial charge in [-0.3, -0.25) is 9.69 Å². The van der Waals surface area contributed by atoms with Gasteiger partial charge in [0.25, 0.3) is 0 Å². The van der Waals surface area contributed by atoms with Crippen molar-refractivity contribution in [2.45, 2.75) is 44.2 Å².